The first-order chi connectivity index (χ1) is 19.6. The van der Waals surface area contributed by atoms with Crippen LogP contribution in [0.15, 0.2) is 60.8 Å². The molecule has 0 bridgehead atoms. The van der Waals surface area contributed by atoms with Crippen LogP contribution in [0.25, 0.3) is 31.9 Å². The van der Waals surface area contributed by atoms with Gasteiger partial charge in [0, 0.05) is 37.1 Å². The van der Waals surface area contributed by atoms with E-state index in [-0.39, 0.29) is 5.60 Å². The number of benzene rings is 2. The van der Waals surface area contributed by atoms with Crippen LogP contribution < -0.4 is 9.80 Å². The predicted molar refractivity (Wildman–Crippen MR) is 176 cm³/mol. The first-order valence-electron chi connectivity index (χ1n) is 14.4. The van der Waals surface area contributed by atoms with Crippen molar-refractivity contribution in [3.05, 3.63) is 60.8 Å². The van der Waals surface area contributed by atoms with Crippen LogP contribution in [0.3, 0.4) is 0 Å². The average molecular weight is 589 g/mol. The number of nitrogens with zero attached hydrogens (tertiary/aromatic N) is 4. The minimum absolute atomic E-state index is 0.296. The summed E-state index contributed by atoms with van der Waals surface area (Å²) in [5, 5.41) is 0.922. The monoisotopic (exact) mass is 588 g/mol. The highest BCUT2D eigenvalue weighted by Crippen LogP contribution is 2.36. The molecule has 4 aromatic rings. The van der Waals surface area contributed by atoms with Gasteiger partial charge in [-0.1, -0.05) is 31.2 Å². The molecule has 0 saturated heterocycles. The molecule has 2 aromatic heterocycles. The number of carbonyl (C=O) groups is 1. The van der Waals surface area contributed by atoms with Crippen molar-refractivity contribution < 1.29 is 14.3 Å². The zero-order valence-electron chi connectivity index (χ0n) is 26.6. The lowest BCUT2D eigenvalue weighted by Gasteiger charge is -2.40. The fraction of sp³-hybridized carbons (Fsp3) is 0.441. The van der Waals surface area contributed by atoms with Gasteiger partial charge in [0.15, 0.2) is 0 Å². The van der Waals surface area contributed by atoms with Gasteiger partial charge in [-0.3, -0.25) is 4.90 Å². The maximum atomic E-state index is 13.6. The zero-order valence-corrected chi connectivity index (χ0v) is 27.4. The molecular weight excluding hydrogens is 544 g/mol. The van der Waals surface area contributed by atoms with Gasteiger partial charge in [-0.25, -0.2) is 14.8 Å². The third kappa shape index (κ3) is 7.47. The molecule has 0 aliphatic carbocycles. The lowest BCUT2D eigenvalue weighted by Crippen LogP contribution is -2.53. The van der Waals surface area contributed by atoms with Crippen LogP contribution in [0, 0.1) is 0 Å². The van der Waals surface area contributed by atoms with Gasteiger partial charge in [-0.15, -0.1) is 11.3 Å². The van der Waals surface area contributed by atoms with E-state index in [9.17, 15) is 4.79 Å². The molecule has 2 heterocycles. The Hall–Kier alpha value is -3.49. The second kappa shape index (κ2) is 12.0. The normalized spacial score (nSPS) is 12.4. The molecule has 0 aliphatic rings. The van der Waals surface area contributed by atoms with E-state index in [4.69, 9.17) is 14.5 Å². The number of pyridine rings is 1. The van der Waals surface area contributed by atoms with Crippen LogP contribution >= 0.6 is 11.3 Å². The van der Waals surface area contributed by atoms with E-state index in [0.717, 1.165) is 49.8 Å². The summed E-state index contributed by atoms with van der Waals surface area (Å²) in [5.41, 5.74) is 3.25. The van der Waals surface area contributed by atoms with E-state index in [2.05, 4.69) is 56.1 Å². The Morgan fingerprint density at radius 1 is 0.881 bits per heavy atom. The highest BCUT2D eigenvalue weighted by atomic mass is 32.1. The number of aromatic nitrogens is 2. The van der Waals surface area contributed by atoms with Crippen molar-refractivity contribution in [2.45, 2.75) is 78.6 Å². The second-order valence-electron chi connectivity index (χ2n) is 13.1. The summed E-state index contributed by atoms with van der Waals surface area (Å²) in [4.78, 5) is 26.7. The quantitative estimate of drug-likeness (QED) is 0.195. The number of carbonyl (C=O) groups excluding carboxylic acids is 1. The third-order valence-corrected chi connectivity index (χ3v) is 8.22. The predicted octanol–water partition coefficient (Wildman–Crippen LogP) is 8.82. The summed E-state index contributed by atoms with van der Waals surface area (Å²) >= 11 is 1.61. The number of anilines is 2. The van der Waals surface area contributed by atoms with Crippen LogP contribution in [0.4, 0.5) is 16.3 Å². The van der Waals surface area contributed by atoms with Gasteiger partial charge >= 0.3 is 6.09 Å². The lowest BCUT2D eigenvalue weighted by molar-refractivity contribution is -0.0408. The van der Waals surface area contributed by atoms with Gasteiger partial charge < -0.3 is 14.4 Å². The summed E-state index contributed by atoms with van der Waals surface area (Å²) in [7, 11) is 3.96. The summed E-state index contributed by atoms with van der Waals surface area (Å²) in [6, 6.07) is 18.4. The van der Waals surface area contributed by atoms with Crippen molar-refractivity contribution in [1.82, 2.24) is 9.97 Å². The first-order valence-corrected chi connectivity index (χ1v) is 15.2. The standard InChI is InChI=1S/C34H44N4O3S/c1-11-34(7,8)40-22-33(5,6)38(31(39)41-32(2,3)4)26-17-18-27-28(20-26)42-30(36-27)24-14-12-23(13-15-24)25-16-19-29(35-21-25)37(9)10/h12-21H,11,22H2,1-10H3. The van der Waals surface area contributed by atoms with Crippen molar-refractivity contribution in [2.75, 3.05) is 30.5 Å². The number of hydrogen-bond acceptors (Lipinski definition) is 7. The molecule has 42 heavy (non-hydrogen) atoms. The molecule has 7 nitrogen and oxygen atoms in total. The van der Waals surface area contributed by atoms with Gasteiger partial charge in [0.25, 0.3) is 0 Å². The van der Waals surface area contributed by atoms with Crippen molar-refractivity contribution in [2.24, 2.45) is 0 Å². The number of hydrogen-bond donors (Lipinski definition) is 0. The maximum Gasteiger partial charge on any atom is 0.415 e. The Kier molecular flexibility index (Phi) is 9.00. The molecule has 4 rings (SSSR count). The summed E-state index contributed by atoms with van der Waals surface area (Å²) in [5.74, 6) is 0.926. The SMILES string of the molecule is CCC(C)(C)OCC(C)(C)N(C(=O)OC(C)(C)C)c1ccc2nc(-c3ccc(-c4ccc(N(C)C)nc4)cc3)sc2c1. The molecule has 0 unspecified atom stereocenters. The highest BCUT2D eigenvalue weighted by Gasteiger charge is 2.37. The van der Waals surface area contributed by atoms with E-state index in [1.165, 1.54) is 0 Å². The molecule has 0 radical (unpaired) electrons. The molecule has 1 amide bonds. The van der Waals surface area contributed by atoms with Gasteiger partial charge in [-0.2, -0.15) is 0 Å². The molecule has 0 spiro atoms. The van der Waals surface area contributed by atoms with Crippen molar-refractivity contribution >= 4 is 39.2 Å². The fourth-order valence-corrected chi connectivity index (χ4v) is 5.35. The second-order valence-corrected chi connectivity index (χ2v) is 14.1. The summed E-state index contributed by atoms with van der Waals surface area (Å²) in [6.07, 6.45) is 2.36. The smallest absolute Gasteiger partial charge is 0.415 e. The number of thiazole rings is 1. The molecule has 0 N–H and O–H groups in total. The van der Waals surface area contributed by atoms with Crippen molar-refractivity contribution in [1.29, 1.82) is 0 Å². The fourth-order valence-electron chi connectivity index (χ4n) is 4.35. The Morgan fingerprint density at radius 3 is 2.10 bits per heavy atom. The first kappa shape index (κ1) is 31.4. The van der Waals surface area contributed by atoms with E-state index < -0.39 is 17.2 Å². The average Bonchev–Trinajstić information content (AvgIpc) is 3.35. The van der Waals surface area contributed by atoms with Crippen LogP contribution in [-0.2, 0) is 9.47 Å². The third-order valence-electron chi connectivity index (χ3n) is 7.15. The van der Waals surface area contributed by atoms with Gasteiger partial charge in [0.2, 0.25) is 0 Å². The zero-order chi connectivity index (χ0) is 30.9. The highest BCUT2D eigenvalue weighted by molar-refractivity contribution is 7.21. The van der Waals surface area contributed by atoms with Crippen molar-refractivity contribution in [3.8, 4) is 21.7 Å². The Bertz CT molecular complexity index is 1520. The Balaban J connectivity index is 1.64. The Labute approximate surface area is 254 Å². The molecule has 0 atom stereocenters. The van der Waals surface area contributed by atoms with Gasteiger partial charge in [0.1, 0.15) is 16.4 Å². The van der Waals surface area contributed by atoms with Gasteiger partial charge in [0.05, 0.1) is 28.0 Å². The van der Waals surface area contributed by atoms with Gasteiger partial charge in [-0.05, 0) is 90.8 Å². The Morgan fingerprint density at radius 2 is 1.52 bits per heavy atom. The number of amides is 1. The van der Waals surface area contributed by atoms with Crippen LogP contribution in [0.1, 0.15) is 61.8 Å². The van der Waals surface area contributed by atoms with Crippen LogP contribution in [-0.4, -0.2) is 53.5 Å². The largest absolute Gasteiger partial charge is 0.443 e. The van der Waals surface area contributed by atoms with Crippen LogP contribution in [0.5, 0.6) is 0 Å². The van der Waals surface area contributed by atoms with E-state index in [0.29, 0.717) is 6.61 Å². The summed E-state index contributed by atoms with van der Waals surface area (Å²) < 4.78 is 13.1. The molecule has 8 heteroatoms. The summed E-state index contributed by atoms with van der Waals surface area (Å²) in [6.45, 7) is 16.3. The maximum absolute atomic E-state index is 13.6. The molecule has 2 aromatic carbocycles. The topological polar surface area (TPSA) is 67.8 Å². The molecule has 0 fully saturated rings. The minimum Gasteiger partial charge on any atom is -0.443 e. The van der Waals surface area contributed by atoms with Crippen LogP contribution in [0.2, 0.25) is 0 Å². The molecule has 224 valence electrons. The van der Waals surface area contributed by atoms with E-state index in [1.54, 1.807) is 16.2 Å². The number of ether oxygens (including phenoxy) is 2. The van der Waals surface area contributed by atoms with E-state index in [1.807, 2.05) is 84.1 Å². The number of fused-ring (bicyclic) bond motifs is 1. The molecule has 0 saturated carbocycles. The van der Waals surface area contributed by atoms with Crippen molar-refractivity contribution in [3.63, 3.8) is 0 Å². The van der Waals surface area contributed by atoms with E-state index >= 15 is 0 Å². The lowest BCUT2D eigenvalue weighted by atomic mass is 10.0. The molecule has 0 aliphatic heterocycles. The molecular formula is C34H44N4O3S. The number of rotatable bonds is 9. The minimum atomic E-state index is -0.661.